The van der Waals surface area contributed by atoms with Crippen molar-refractivity contribution in [3.63, 3.8) is 0 Å². The molecule has 100 valence electrons. The van der Waals surface area contributed by atoms with Crippen molar-refractivity contribution in [1.82, 2.24) is 4.98 Å². The molecule has 0 spiro atoms. The Morgan fingerprint density at radius 3 is 2.74 bits per heavy atom. The molecule has 1 aromatic carbocycles. The van der Waals surface area contributed by atoms with Crippen molar-refractivity contribution >= 4 is 22.6 Å². The lowest BCUT2D eigenvalue weighted by atomic mass is 10.2. The minimum Gasteiger partial charge on any atom is -0.315 e. The molecule has 0 aliphatic heterocycles. The minimum absolute atomic E-state index is 0.963. The van der Waals surface area contributed by atoms with E-state index in [9.17, 15) is 0 Å². The average Bonchev–Trinajstić information content (AvgIpc) is 2.47. The van der Waals surface area contributed by atoms with Gasteiger partial charge in [-0.05, 0) is 31.5 Å². The van der Waals surface area contributed by atoms with Crippen molar-refractivity contribution in [1.29, 1.82) is 0 Å². The van der Waals surface area contributed by atoms with Crippen molar-refractivity contribution < 1.29 is 0 Å². The zero-order chi connectivity index (χ0) is 13.7. The van der Waals surface area contributed by atoms with Crippen molar-refractivity contribution in [3.8, 4) is 0 Å². The zero-order valence-electron chi connectivity index (χ0n) is 11.9. The molecule has 0 aliphatic rings. The largest absolute Gasteiger partial charge is 0.315 e. The van der Waals surface area contributed by atoms with Crippen LogP contribution < -0.4 is 4.90 Å². The Morgan fingerprint density at radius 2 is 2.00 bits per heavy atom. The average molecular weight is 255 g/mol. The van der Waals surface area contributed by atoms with Crippen LogP contribution >= 0.6 is 0 Å². The molecule has 0 saturated heterocycles. The summed E-state index contributed by atoms with van der Waals surface area (Å²) in [4.78, 5) is 11.2. The zero-order valence-corrected chi connectivity index (χ0v) is 11.9. The Hall–Kier alpha value is -1.90. The summed E-state index contributed by atoms with van der Waals surface area (Å²) in [6, 6.07) is 12.4. The number of benzene rings is 1. The third kappa shape index (κ3) is 3.11. The lowest BCUT2D eigenvalue weighted by Gasteiger charge is -2.23. The van der Waals surface area contributed by atoms with E-state index >= 15 is 0 Å². The van der Waals surface area contributed by atoms with Crippen LogP contribution in [0.25, 0.3) is 10.9 Å². The van der Waals surface area contributed by atoms with E-state index in [4.69, 9.17) is 4.98 Å². The molecule has 0 unspecified atom stereocenters. The second kappa shape index (κ2) is 6.32. The lowest BCUT2D eigenvalue weighted by Crippen LogP contribution is -2.30. The molecule has 2 rings (SSSR count). The number of nitrogens with zero attached hydrogens (tertiary/aromatic N) is 3. The van der Waals surface area contributed by atoms with Gasteiger partial charge >= 0.3 is 0 Å². The summed E-state index contributed by atoms with van der Waals surface area (Å²) in [7, 11) is 1.83. The van der Waals surface area contributed by atoms with Gasteiger partial charge in [-0.15, -0.1) is 0 Å². The number of amidine groups is 1. The molecule has 0 N–H and O–H groups in total. The molecule has 3 nitrogen and oxygen atoms in total. The molecule has 0 aliphatic carbocycles. The molecule has 2 aromatic rings. The second-order valence-electron chi connectivity index (χ2n) is 4.64. The van der Waals surface area contributed by atoms with Gasteiger partial charge in [0.25, 0.3) is 0 Å². The van der Waals surface area contributed by atoms with Crippen LogP contribution in [0.3, 0.4) is 0 Å². The number of fused-ring (bicyclic) bond motifs is 1. The first kappa shape index (κ1) is 13.5. The number of hydrogen-bond donors (Lipinski definition) is 0. The van der Waals surface area contributed by atoms with Gasteiger partial charge in [0.2, 0.25) is 0 Å². The molecule has 0 fully saturated rings. The fraction of sp³-hybridized carbons (Fsp3) is 0.375. The number of anilines is 1. The Bertz CT molecular complexity index is 575. The third-order valence-electron chi connectivity index (χ3n) is 3.31. The van der Waals surface area contributed by atoms with Gasteiger partial charge in [-0.2, -0.15) is 0 Å². The van der Waals surface area contributed by atoms with Crippen molar-refractivity contribution in [2.24, 2.45) is 4.99 Å². The van der Waals surface area contributed by atoms with Gasteiger partial charge in [-0.25, -0.2) is 4.98 Å². The maximum Gasteiger partial charge on any atom is 0.134 e. The van der Waals surface area contributed by atoms with Gasteiger partial charge in [0.1, 0.15) is 11.7 Å². The fourth-order valence-electron chi connectivity index (χ4n) is 2.08. The lowest BCUT2D eigenvalue weighted by molar-refractivity contribution is 0.788. The van der Waals surface area contributed by atoms with Gasteiger partial charge < -0.3 is 4.90 Å². The Balaban J connectivity index is 2.37. The first-order valence-electron chi connectivity index (χ1n) is 6.83. The van der Waals surface area contributed by atoms with E-state index < -0.39 is 0 Å². The maximum atomic E-state index is 4.74. The molecule has 0 radical (unpaired) electrons. The van der Waals surface area contributed by atoms with Crippen molar-refractivity contribution in [2.45, 2.75) is 26.7 Å². The van der Waals surface area contributed by atoms with Crippen LogP contribution in [0.4, 0.5) is 5.82 Å². The summed E-state index contributed by atoms with van der Waals surface area (Å²) in [6.07, 6.45) is 2.31. The molecule has 1 aromatic heterocycles. The molecule has 19 heavy (non-hydrogen) atoms. The van der Waals surface area contributed by atoms with Gasteiger partial charge in [0.05, 0.1) is 5.52 Å². The van der Waals surface area contributed by atoms with E-state index in [0.29, 0.717) is 0 Å². The highest BCUT2D eigenvalue weighted by Gasteiger charge is 2.10. The van der Waals surface area contributed by atoms with Crippen LogP contribution in [-0.4, -0.2) is 24.4 Å². The maximum absolute atomic E-state index is 4.74. The summed E-state index contributed by atoms with van der Waals surface area (Å²) in [5.74, 6) is 1.99. The van der Waals surface area contributed by atoms with Crippen molar-refractivity contribution in [3.05, 3.63) is 36.4 Å². The van der Waals surface area contributed by atoms with Crippen LogP contribution in [0, 0.1) is 0 Å². The van der Waals surface area contributed by atoms with Gasteiger partial charge in [0, 0.05) is 19.0 Å². The van der Waals surface area contributed by atoms with E-state index in [-0.39, 0.29) is 0 Å². The number of rotatable bonds is 4. The summed E-state index contributed by atoms with van der Waals surface area (Å²) >= 11 is 0. The van der Waals surface area contributed by atoms with Gasteiger partial charge in [-0.3, -0.25) is 4.99 Å². The number of aromatic nitrogens is 1. The smallest absolute Gasteiger partial charge is 0.134 e. The summed E-state index contributed by atoms with van der Waals surface area (Å²) < 4.78 is 0. The standard InChI is InChI=1S/C16H21N3/c1-4-5-12-19(13(2)17-3)16-11-10-14-8-6-7-9-15(14)18-16/h6-11H,4-5,12H2,1-3H3. The van der Waals surface area contributed by atoms with E-state index in [2.05, 4.69) is 41.1 Å². The SMILES string of the molecule is CCCCN(C(C)=NC)c1ccc2ccccc2n1. The van der Waals surface area contributed by atoms with Crippen LogP contribution in [0.5, 0.6) is 0 Å². The van der Waals surface area contributed by atoms with Crippen LogP contribution in [0.1, 0.15) is 26.7 Å². The van der Waals surface area contributed by atoms with Crippen LogP contribution in [-0.2, 0) is 0 Å². The molecule has 0 atom stereocenters. The topological polar surface area (TPSA) is 28.5 Å². The highest BCUT2D eigenvalue weighted by Crippen LogP contribution is 2.18. The van der Waals surface area contributed by atoms with Crippen LogP contribution in [0.15, 0.2) is 41.4 Å². The first-order chi connectivity index (χ1) is 9.26. The molecule has 0 amide bonds. The summed E-state index contributed by atoms with van der Waals surface area (Å²) in [5, 5.41) is 1.17. The summed E-state index contributed by atoms with van der Waals surface area (Å²) in [6.45, 7) is 5.20. The molecule has 1 heterocycles. The van der Waals surface area contributed by atoms with Gasteiger partial charge in [-0.1, -0.05) is 31.5 Å². The number of aliphatic imine (C=N–C) groups is 1. The molecule has 0 saturated carbocycles. The van der Waals surface area contributed by atoms with Gasteiger partial charge in [0.15, 0.2) is 0 Å². The summed E-state index contributed by atoms with van der Waals surface area (Å²) in [5.41, 5.74) is 1.03. The molecule has 3 heteroatoms. The number of hydrogen-bond acceptors (Lipinski definition) is 2. The number of para-hydroxylation sites is 1. The van der Waals surface area contributed by atoms with E-state index in [1.807, 2.05) is 26.1 Å². The molecular formula is C16H21N3. The predicted octanol–water partition coefficient (Wildman–Crippen LogP) is 3.89. The Morgan fingerprint density at radius 1 is 1.21 bits per heavy atom. The Kier molecular flexibility index (Phi) is 4.50. The quantitative estimate of drug-likeness (QED) is 0.612. The van der Waals surface area contributed by atoms with E-state index in [1.165, 1.54) is 11.8 Å². The number of unbranched alkanes of at least 4 members (excludes halogenated alkanes) is 1. The molecular weight excluding hydrogens is 234 g/mol. The van der Waals surface area contributed by atoms with Crippen LogP contribution in [0.2, 0.25) is 0 Å². The normalized spacial score (nSPS) is 11.8. The van der Waals surface area contributed by atoms with E-state index in [0.717, 1.165) is 30.1 Å². The minimum atomic E-state index is 0.963. The third-order valence-corrected chi connectivity index (χ3v) is 3.31. The molecule has 0 bridgehead atoms. The fourth-order valence-corrected chi connectivity index (χ4v) is 2.08. The predicted molar refractivity (Wildman–Crippen MR) is 83.0 cm³/mol. The highest BCUT2D eigenvalue weighted by atomic mass is 15.2. The first-order valence-corrected chi connectivity index (χ1v) is 6.83. The van der Waals surface area contributed by atoms with E-state index in [1.54, 1.807) is 0 Å². The number of pyridine rings is 1. The highest BCUT2D eigenvalue weighted by molar-refractivity contribution is 5.96. The monoisotopic (exact) mass is 255 g/mol. The van der Waals surface area contributed by atoms with Crippen molar-refractivity contribution in [2.75, 3.05) is 18.5 Å². The Labute approximate surface area is 115 Å². The second-order valence-corrected chi connectivity index (χ2v) is 4.64.